The van der Waals surface area contributed by atoms with Crippen LogP contribution in [-0.2, 0) is 14.6 Å². The number of benzene rings is 1. The summed E-state index contributed by atoms with van der Waals surface area (Å²) in [6.07, 6.45) is 1.85. The minimum atomic E-state index is -3.59. The van der Waals surface area contributed by atoms with Crippen molar-refractivity contribution >= 4 is 27.6 Å². The monoisotopic (exact) mass is 398 g/mol. The van der Waals surface area contributed by atoms with Crippen LogP contribution in [0.25, 0.3) is 0 Å². The van der Waals surface area contributed by atoms with Gasteiger partial charge in [-0.25, -0.2) is 18.0 Å². The Morgan fingerprint density at radius 2 is 1.81 bits per heavy atom. The molecule has 0 aromatic heterocycles. The molecule has 1 saturated heterocycles. The number of carboxylic acid groups (broad SMARTS) is 1. The highest BCUT2D eigenvalue weighted by atomic mass is 32.2. The van der Waals surface area contributed by atoms with Crippen molar-refractivity contribution in [2.24, 2.45) is 0 Å². The van der Waals surface area contributed by atoms with Crippen molar-refractivity contribution in [3.8, 4) is 0 Å². The zero-order valence-corrected chi connectivity index (χ0v) is 16.8. The molecule has 1 amide bonds. The first-order valence-corrected chi connectivity index (χ1v) is 10.6. The number of ether oxygens (including phenoxy) is 1. The fraction of sp³-hybridized carbons (Fsp3) is 0.556. The number of alkyl carbamates (subject to hydrolysis) is 1. The first-order valence-electron chi connectivity index (χ1n) is 8.69. The van der Waals surface area contributed by atoms with Crippen LogP contribution in [0.15, 0.2) is 23.1 Å². The van der Waals surface area contributed by atoms with Gasteiger partial charge in [0.15, 0.2) is 9.84 Å². The number of aromatic carboxylic acids is 1. The van der Waals surface area contributed by atoms with E-state index in [1.54, 1.807) is 20.8 Å². The highest BCUT2D eigenvalue weighted by molar-refractivity contribution is 7.90. The molecule has 0 radical (unpaired) electrons. The molecule has 2 N–H and O–H groups in total. The van der Waals surface area contributed by atoms with Crippen LogP contribution in [0.1, 0.15) is 44.0 Å². The minimum absolute atomic E-state index is 0.000881. The van der Waals surface area contributed by atoms with E-state index in [4.69, 9.17) is 9.84 Å². The number of hydrogen-bond donors (Lipinski definition) is 2. The van der Waals surface area contributed by atoms with Crippen molar-refractivity contribution < 1.29 is 27.9 Å². The summed E-state index contributed by atoms with van der Waals surface area (Å²) in [4.78, 5) is 24.9. The van der Waals surface area contributed by atoms with Gasteiger partial charge in [0, 0.05) is 25.4 Å². The van der Waals surface area contributed by atoms with Gasteiger partial charge in [-0.15, -0.1) is 0 Å². The summed E-state index contributed by atoms with van der Waals surface area (Å²) in [5.41, 5.74) is -0.153. The lowest BCUT2D eigenvalue weighted by Gasteiger charge is -2.35. The van der Waals surface area contributed by atoms with Gasteiger partial charge in [0.2, 0.25) is 0 Å². The number of nitrogens with zero attached hydrogens (tertiary/aromatic N) is 1. The topological polar surface area (TPSA) is 113 Å². The summed E-state index contributed by atoms with van der Waals surface area (Å²) in [5, 5.41) is 11.9. The number of anilines is 1. The van der Waals surface area contributed by atoms with Gasteiger partial charge in [-0.05, 0) is 51.8 Å². The maximum Gasteiger partial charge on any atom is 0.407 e. The molecule has 1 aliphatic heterocycles. The largest absolute Gasteiger partial charge is 0.478 e. The molecule has 1 aromatic carbocycles. The summed E-state index contributed by atoms with van der Waals surface area (Å²) in [5.74, 6) is -1.17. The van der Waals surface area contributed by atoms with Gasteiger partial charge in [0.1, 0.15) is 5.60 Å². The molecule has 0 unspecified atom stereocenters. The molecule has 27 heavy (non-hydrogen) atoms. The third-order valence-corrected chi connectivity index (χ3v) is 5.29. The van der Waals surface area contributed by atoms with Crippen LogP contribution in [0.4, 0.5) is 10.5 Å². The van der Waals surface area contributed by atoms with Gasteiger partial charge in [-0.2, -0.15) is 0 Å². The fourth-order valence-corrected chi connectivity index (χ4v) is 3.86. The third-order valence-electron chi connectivity index (χ3n) is 4.16. The number of amides is 1. The molecule has 8 nitrogen and oxygen atoms in total. The Labute approximate surface area is 159 Å². The number of hydrogen-bond acceptors (Lipinski definition) is 6. The second kappa shape index (κ2) is 7.75. The highest BCUT2D eigenvalue weighted by Gasteiger charge is 2.26. The number of carboxylic acids is 1. The van der Waals surface area contributed by atoms with Crippen LogP contribution in [-0.4, -0.2) is 56.6 Å². The quantitative estimate of drug-likeness (QED) is 0.800. The lowest BCUT2D eigenvalue weighted by atomic mass is 10.0. The van der Waals surface area contributed by atoms with Crippen molar-refractivity contribution in [3.63, 3.8) is 0 Å². The summed E-state index contributed by atoms with van der Waals surface area (Å²) in [6, 6.07) is 4.06. The molecule has 2 rings (SSSR count). The lowest BCUT2D eigenvalue weighted by molar-refractivity contribution is 0.0496. The maximum atomic E-state index is 12.1. The highest BCUT2D eigenvalue weighted by Crippen LogP contribution is 2.29. The summed E-state index contributed by atoms with van der Waals surface area (Å²) in [7, 11) is -3.59. The van der Waals surface area contributed by atoms with Crippen LogP contribution in [0, 0.1) is 0 Å². The van der Waals surface area contributed by atoms with Gasteiger partial charge in [0.25, 0.3) is 0 Å². The van der Waals surface area contributed by atoms with E-state index in [1.165, 1.54) is 18.2 Å². The van der Waals surface area contributed by atoms with Crippen molar-refractivity contribution in [2.75, 3.05) is 24.2 Å². The van der Waals surface area contributed by atoms with Gasteiger partial charge < -0.3 is 20.1 Å². The molecule has 150 valence electrons. The molecule has 1 fully saturated rings. The molecule has 1 aliphatic rings. The van der Waals surface area contributed by atoms with E-state index in [2.05, 4.69) is 5.32 Å². The lowest BCUT2D eigenvalue weighted by Crippen LogP contribution is -2.46. The third kappa shape index (κ3) is 5.85. The van der Waals surface area contributed by atoms with Crippen molar-refractivity contribution in [3.05, 3.63) is 23.8 Å². The Kier molecular flexibility index (Phi) is 6.04. The van der Waals surface area contributed by atoms with E-state index < -0.39 is 27.5 Å². The second-order valence-electron chi connectivity index (χ2n) is 7.67. The maximum absolute atomic E-state index is 12.1. The van der Waals surface area contributed by atoms with E-state index in [9.17, 15) is 18.0 Å². The molecule has 1 aromatic rings. The Balaban J connectivity index is 2.10. The van der Waals surface area contributed by atoms with E-state index in [-0.39, 0.29) is 16.5 Å². The van der Waals surface area contributed by atoms with Crippen LogP contribution >= 0.6 is 0 Å². The molecule has 0 saturated carbocycles. The Morgan fingerprint density at radius 1 is 1.22 bits per heavy atom. The van der Waals surface area contributed by atoms with Gasteiger partial charge in [-0.1, -0.05) is 0 Å². The number of rotatable bonds is 4. The zero-order chi connectivity index (χ0) is 20.4. The smallest absolute Gasteiger partial charge is 0.407 e. The van der Waals surface area contributed by atoms with Gasteiger partial charge in [0.05, 0.1) is 16.1 Å². The molecule has 0 spiro atoms. The molecule has 1 heterocycles. The zero-order valence-electron chi connectivity index (χ0n) is 16.0. The number of carbonyl (C=O) groups excluding carboxylic acids is 1. The van der Waals surface area contributed by atoms with Crippen LogP contribution in [0.2, 0.25) is 0 Å². The first-order chi connectivity index (χ1) is 12.4. The minimum Gasteiger partial charge on any atom is -0.478 e. The van der Waals surface area contributed by atoms with Crippen LogP contribution in [0.5, 0.6) is 0 Å². The summed E-state index contributed by atoms with van der Waals surface area (Å²) >= 11 is 0. The Hall–Kier alpha value is -2.29. The Morgan fingerprint density at radius 3 is 2.30 bits per heavy atom. The average molecular weight is 398 g/mol. The van der Waals surface area contributed by atoms with Gasteiger partial charge >= 0.3 is 12.1 Å². The predicted octanol–water partition coefficient (Wildman–Crippen LogP) is 2.28. The normalized spacial score (nSPS) is 16.1. The fourth-order valence-electron chi connectivity index (χ4n) is 2.94. The van der Waals surface area contributed by atoms with Crippen molar-refractivity contribution in [2.45, 2.75) is 50.2 Å². The van der Waals surface area contributed by atoms with Crippen LogP contribution in [0.3, 0.4) is 0 Å². The van der Waals surface area contributed by atoms with Crippen LogP contribution < -0.4 is 10.2 Å². The summed E-state index contributed by atoms with van der Waals surface area (Å²) in [6.45, 7) is 6.46. The molecule has 9 heteroatoms. The molecule has 0 aliphatic carbocycles. The van der Waals surface area contributed by atoms with E-state index in [1.807, 2.05) is 4.90 Å². The standard InChI is InChI=1S/C18H26N2O6S/c1-18(2,3)26-17(23)19-13-7-9-20(10-8-13)14-6-5-12(16(21)22)11-15(14)27(4,24)25/h5-6,11,13H,7-10H2,1-4H3,(H,19,23)(H,21,22). The van der Waals surface area contributed by atoms with E-state index in [0.717, 1.165) is 6.26 Å². The molecule has 0 atom stereocenters. The van der Waals surface area contributed by atoms with Crippen molar-refractivity contribution in [1.82, 2.24) is 5.32 Å². The van der Waals surface area contributed by atoms with Gasteiger partial charge in [-0.3, -0.25) is 0 Å². The Bertz CT molecular complexity index is 821. The number of sulfone groups is 1. The predicted molar refractivity (Wildman–Crippen MR) is 101 cm³/mol. The van der Waals surface area contributed by atoms with E-state index in [0.29, 0.717) is 31.6 Å². The number of nitrogens with one attached hydrogen (secondary N) is 1. The molecular formula is C18H26N2O6S. The second-order valence-corrected chi connectivity index (χ2v) is 9.65. The van der Waals surface area contributed by atoms with Crippen molar-refractivity contribution in [1.29, 1.82) is 0 Å². The molecular weight excluding hydrogens is 372 g/mol. The first kappa shape index (κ1) is 21.0. The SMILES string of the molecule is CC(C)(C)OC(=O)NC1CCN(c2ccc(C(=O)O)cc2S(C)(=O)=O)CC1. The molecule has 0 bridgehead atoms. The number of piperidine rings is 1. The number of carbonyl (C=O) groups is 2. The average Bonchev–Trinajstić information content (AvgIpc) is 2.52. The summed E-state index contributed by atoms with van der Waals surface area (Å²) < 4.78 is 29.5. The van der Waals surface area contributed by atoms with E-state index >= 15 is 0 Å².